The second kappa shape index (κ2) is 5.97. The molecule has 1 aromatic rings. The number of amides is 1. The van der Waals surface area contributed by atoms with E-state index in [1.807, 2.05) is 26.5 Å². The summed E-state index contributed by atoms with van der Waals surface area (Å²) >= 11 is 0. The number of carbonyl (C=O) groups is 1. The highest BCUT2D eigenvalue weighted by Gasteiger charge is 2.32. The molecule has 1 aliphatic rings. The Morgan fingerprint density at radius 1 is 1.61 bits per heavy atom. The van der Waals surface area contributed by atoms with Crippen LogP contribution in [0, 0.1) is 5.92 Å². The molecule has 0 bridgehead atoms. The summed E-state index contributed by atoms with van der Waals surface area (Å²) in [6.07, 6.45) is 4.58. The molecule has 1 aliphatic heterocycles. The van der Waals surface area contributed by atoms with Crippen molar-refractivity contribution >= 4 is 5.91 Å². The molecular weight excluding hydrogens is 232 g/mol. The van der Waals surface area contributed by atoms with Crippen LogP contribution in [-0.2, 0) is 23.0 Å². The van der Waals surface area contributed by atoms with Gasteiger partial charge in [0.2, 0.25) is 5.91 Å². The second-order valence-electron chi connectivity index (χ2n) is 4.60. The van der Waals surface area contributed by atoms with Crippen molar-refractivity contribution in [2.45, 2.75) is 12.5 Å². The van der Waals surface area contributed by atoms with Gasteiger partial charge >= 0.3 is 0 Å². The summed E-state index contributed by atoms with van der Waals surface area (Å²) in [5.74, 6) is -0.0142. The average molecular weight is 252 g/mol. The van der Waals surface area contributed by atoms with Gasteiger partial charge in [-0.3, -0.25) is 9.48 Å². The Hall–Kier alpha value is -1.40. The van der Waals surface area contributed by atoms with E-state index in [9.17, 15) is 4.79 Å². The molecule has 0 aliphatic carbocycles. The van der Waals surface area contributed by atoms with Crippen LogP contribution < -0.4 is 10.6 Å². The van der Waals surface area contributed by atoms with Crippen LogP contribution in [0.1, 0.15) is 5.56 Å². The average Bonchev–Trinajstić information content (AvgIpc) is 2.97. The van der Waals surface area contributed by atoms with Crippen molar-refractivity contribution in [3.05, 3.63) is 18.0 Å². The molecule has 2 rings (SSSR count). The lowest BCUT2D eigenvalue weighted by atomic mass is 10.0. The summed E-state index contributed by atoms with van der Waals surface area (Å²) in [5, 5.41) is 10.1. The van der Waals surface area contributed by atoms with Crippen LogP contribution in [0.5, 0.6) is 0 Å². The third kappa shape index (κ3) is 3.08. The predicted octanol–water partition coefficient (Wildman–Crippen LogP) is -0.687. The molecule has 2 atom stereocenters. The highest BCUT2D eigenvalue weighted by atomic mass is 16.5. The summed E-state index contributed by atoms with van der Waals surface area (Å²) in [7, 11) is 3.74. The highest BCUT2D eigenvalue weighted by molar-refractivity contribution is 5.79. The molecule has 0 saturated carbocycles. The maximum Gasteiger partial charge on any atom is 0.227 e. The van der Waals surface area contributed by atoms with Gasteiger partial charge in [-0.2, -0.15) is 5.10 Å². The molecule has 6 heteroatoms. The molecule has 1 saturated heterocycles. The molecule has 2 unspecified atom stereocenters. The first kappa shape index (κ1) is 13.0. The Kier molecular flexibility index (Phi) is 4.33. The fourth-order valence-electron chi connectivity index (χ4n) is 2.16. The van der Waals surface area contributed by atoms with E-state index >= 15 is 0 Å². The minimum Gasteiger partial charge on any atom is -0.379 e. The second-order valence-corrected chi connectivity index (χ2v) is 4.60. The Morgan fingerprint density at radius 3 is 3.11 bits per heavy atom. The van der Waals surface area contributed by atoms with Gasteiger partial charge in [-0.15, -0.1) is 0 Å². The predicted molar refractivity (Wildman–Crippen MR) is 67.1 cm³/mol. The monoisotopic (exact) mass is 252 g/mol. The number of aryl methyl sites for hydroxylation is 1. The van der Waals surface area contributed by atoms with Crippen LogP contribution in [0.15, 0.2) is 12.4 Å². The Morgan fingerprint density at radius 2 is 2.44 bits per heavy atom. The summed E-state index contributed by atoms with van der Waals surface area (Å²) in [4.78, 5) is 12.0. The lowest BCUT2D eigenvalue weighted by molar-refractivity contribution is -0.125. The zero-order valence-corrected chi connectivity index (χ0v) is 10.8. The first-order valence-corrected chi connectivity index (χ1v) is 6.21. The molecule has 100 valence electrons. The van der Waals surface area contributed by atoms with Crippen LogP contribution in [-0.4, -0.2) is 48.5 Å². The largest absolute Gasteiger partial charge is 0.379 e. The Balaban J connectivity index is 1.74. The number of aromatic nitrogens is 2. The van der Waals surface area contributed by atoms with E-state index < -0.39 is 0 Å². The van der Waals surface area contributed by atoms with Crippen molar-refractivity contribution in [1.82, 2.24) is 20.4 Å². The first-order chi connectivity index (χ1) is 8.70. The van der Waals surface area contributed by atoms with Gasteiger partial charge in [0.25, 0.3) is 0 Å². The molecule has 6 nitrogen and oxygen atoms in total. The number of hydrogen-bond donors (Lipinski definition) is 2. The molecule has 0 spiro atoms. The molecule has 1 amide bonds. The third-order valence-electron chi connectivity index (χ3n) is 3.26. The third-order valence-corrected chi connectivity index (χ3v) is 3.26. The molecule has 1 aromatic heterocycles. The number of likely N-dealkylation sites (N-methyl/N-ethyl adjacent to an activating group) is 1. The number of rotatable bonds is 5. The van der Waals surface area contributed by atoms with Crippen molar-refractivity contribution in [2.75, 3.05) is 26.8 Å². The summed E-state index contributed by atoms with van der Waals surface area (Å²) in [6, 6.07) is 0.128. The van der Waals surface area contributed by atoms with E-state index in [-0.39, 0.29) is 17.9 Å². The van der Waals surface area contributed by atoms with Crippen molar-refractivity contribution in [3.63, 3.8) is 0 Å². The van der Waals surface area contributed by atoms with Gasteiger partial charge in [0.1, 0.15) is 0 Å². The number of nitrogens with zero attached hydrogens (tertiary/aromatic N) is 2. The number of nitrogens with one attached hydrogen (secondary N) is 2. The van der Waals surface area contributed by atoms with Crippen LogP contribution in [0.4, 0.5) is 0 Å². The molecule has 0 radical (unpaired) electrons. The van der Waals surface area contributed by atoms with E-state index in [1.165, 1.54) is 0 Å². The maximum atomic E-state index is 12.0. The van der Waals surface area contributed by atoms with Crippen LogP contribution in [0.3, 0.4) is 0 Å². The highest BCUT2D eigenvalue weighted by Crippen LogP contribution is 2.13. The van der Waals surface area contributed by atoms with Crippen LogP contribution in [0.2, 0.25) is 0 Å². The van der Waals surface area contributed by atoms with Crippen LogP contribution in [0.25, 0.3) is 0 Å². The minimum atomic E-state index is -0.0797. The van der Waals surface area contributed by atoms with E-state index in [4.69, 9.17) is 4.74 Å². The molecule has 2 N–H and O–H groups in total. The standard InChI is InChI=1S/C12H20N4O2/c1-13-11-8-18-7-10(11)12(17)14-4-3-9-5-15-16(2)6-9/h5-6,10-11,13H,3-4,7-8H2,1-2H3,(H,14,17). The molecule has 18 heavy (non-hydrogen) atoms. The Labute approximate surface area is 107 Å². The minimum absolute atomic E-state index is 0.0655. The topological polar surface area (TPSA) is 68.2 Å². The first-order valence-electron chi connectivity index (χ1n) is 6.21. The van der Waals surface area contributed by atoms with Crippen molar-refractivity contribution in [1.29, 1.82) is 0 Å². The maximum absolute atomic E-state index is 12.0. The van der Waals surface area contributed by atoms with Gasteiger partial charge in [-0.1, -0.05) is 0 Å². The van der Waals surface area contributed by atoms with E-state index in [0.717, 1.165) is 12.0 Å². The fraction of sp³-hybridized carbons (Fsp3) is 0.667. The van der Waals surface area contributed by atoms with Gasteiger partial charge in [0.15, 0.2) is 0 Å². The number of carbonyl (C=O) groups excluding carboxylic acids is 1. The van der Waals surface area contributed by atoms with Gasteiger partial charge < -0.3 is 15.4 Å². The Bertz CT molecular complexity index is 405. The van der Waals surface area contributed by atoms with Crippen molar-refractivity contribution < 1.29 is 9.53 Å². The SMILES string of the molecule is CNC1COCC1C(=O)NCCc1cnn(C)c1. The van der Waals surface area contributed by atoms with Gasteiger partial charge in [0, 0.05) is 25.8 Å². The smallest absolute Gasteiger partial charge is 0.227 e. The molecule has 2 heterocycles. The van der Waals surface area contributed by atoms with Crippen molar-refractivity contribution in [3.8, 4) is 0 Å². The van der Waals surface area contributed by atoms with E-state index in [0.29, 0.717) is 19.8 Å². The molecular formula is C12H20N4O2. The molecule has 1 fully saturated rings. The van der Waals surface area contributed by atoms with Crippen LogP contribution >= 0.6 is 0 Å². The fourth-order valence-corrected chi connectivity index (χ4v) is 2.16. The molecule has 0 aromatic carbocycles. The van der Waals surface area contributed by atoms with E-state index in [2.05, 4.69) is 15.7 Å². The van der Waals surface area contributed by atoms with Crippen molar-refractivity contribution in [2.24, 2.45) is 13.0 Å². The normalized spacial score (nSPS) is 23.2. The lowest BCUT2D eigenvalue weighted by Gasteiger charge is -2.16. The lowest BCUT2D eigenvalue weighted by Crippen LogP contribution is -2.43. The number of ether oxygens (including phenoxy) is 1. The summed E-state index contributed by atoms with van der Waals surface area (Å²) < 4.78 is 7.08. The van der Waals surface area contributed by atoms with E-state index in [1.54, 1.807) is 4.68 Å². The van der Waals surface area contributed by atoms with Gasteiger partial charge in [0.05, 0.1) is 25.3 Å². The quantitative estimate of drug-likeness (QED) is 0.728. The zero-order chi connectivity index (χ0) is 13.0. The summed E-state index contributed by atoms with van der Waals surface area (Å²) in [5.41, 5.74) is 1.13. The summed E-state index contributed by atoms with van der Waals surface area (Å²) in [6.45, 7) is 1.75. The zero-order valence-electron chi connectivity index (χ0n) is 10.8. The van der Waals surface area contributed by atoms with Gasteiger partial charge in [-0.25, -0.2) is 0 Å². The number of hydrogen-bond acceptors (Lipinski definition) is 4. The van der Waals surface area contributed by atoms with Gasteiger partial charge in [-0.05, 0) is 19.0 Å².